The van der Waals surface area contributed by atoms with Gasteiger partial charge in [0.25, 0.3) is 0 Å². The molecule has 1 aromatic carbocycles. The van der Waals surface area contributed by atoms with Gasteiger partial charge >= 0.3 is 0 Å². The molecule has 0 aliphatic rings. The van der Waals surface area contributed by atoms with Gasteiger partial charge in [0.15, 0.2) is 5.96 Å². The molecule has 0 amide bonds. The fourth-order valence-electron chi connectivity index (χ4n) is 2.55. The van der Waals surface area contributed by atoms with E-state index in [9.17, 15) is 0 Å². The number of guanidine groups is 1. The molecule has 26 heavy (non-hydrogen) atoms. The number of rotatable bonds is 8. The van der Waals surface area contributed by atoms with Crippen LogP contribution in [-0.4, -0.2) is 23.9 Å². The normalized spacial score (nSPS) is 11.2. The lowest BCUT2D eigenvalue weighted by Gasteiger charge is -2.12. The lowest BCUT2D eigenvalue weighted by atomic mass is 10.1. The van der Waals surface area contributed by atoms with Crippen molar-refractivity contribution in [2.45, 2.75) is 51.6 Å². The van der Waals surface area contributed by atoms with Gasteiger partial charge in [0.05, 0.1) is 12.2 Å². The molecule has 7 heteroatoms. The minimum absolute atomic E-state index is 0. The second kappa shape index (κ2) is 12.2. The number of halogens is 1. The minimum atomic E-state index is 0. The highest BCUT2D eigenvalue weighted by Gasteiger charge is 2.13. The Morgan fingerprint density at radius 1 is 1.12 bits per heavy atom. The van der Waals surface area contributed by atoms with Gasteiger partial charge in [-0.15, -0.1) is 35.7 Å². The fraction of sp³-hybridized carbons (Fsp3) is 0.474. The van der Waals surface area contributed by atoms with Crippen LogP contribution in [0.3, 0.4) is 0 Å². The first-order valence-electron chi connectivity index (χ1n) is 8.83. The van der Waals surface area contributed by atoms with E-state index >= 15 is 0 Å². The Bertz CT molecular complexity index is 664. The Morgan fingerprint density at radius 3 is 2.42 bits per heavy atom. The van der Waals surface area contributed by atoms with Crippen molar-refractivity contribution >= 4 is 41.7 Å². The average molecular weight is 488 g/mol. The van der Waals surface area contributed by atoms with Gasteiger partial charge < -0.3 is 15.2 Å². The lowest BCUT2D eigenvalue weighted by molar-refractivity contribution is 0.380. The van der Waals surface area contributed by atoms with Crippen molar-refractivity contribution in [1.82, 2.24) is 15.8 Å². The number of nitrogens with zero attached hydrogens (tertiary/aromatic N) is 2. The summed E-state index contributed by atoms with van der Waals surface area (Å²) in [6.45, 7) is 8.39. The molecule has 2 rings (SSSR count). The predicted octanol–water partition coefficient (Wildman–Crippen LogP) is 4.39. The van der Waals surface area contributed by atoms with Crippen LogP contribution >= 0.6 is 35.7 Å². The SMILES string of the molecule is CCNC(=NCc1ccc(SC)cc1)NCc1c(CC)noc1CC.I. The number of hydrogen-bond donors (Lipinski definition) is 2. The number of hydrogen-bond acceptors (Lipinski definition) is 4. The van der Waals surface area contributed by atoms with Crippen LogP contribution in [0.1, 0.15) is 43.4 Å². The van der Waals surface area contributed by atoms with Crippen LogP contribution in [0.5, 0.6) is 0 Å². The van der Waals surface area contributed by atoms with Crippen LogP contribution in [0.15, 0.2) is 38.7 Å². The van der Waals surface area contributed by atoms with Gasteiger partial charge in [0.2, 0.25) is 0 Å². The van der Waals surface area contributed by atoms with E-state index in [2.05, 4.69) is 72.1 Å². The third kappa shape index (κ3) is 6.50. The third-order valence-corrected chi connectivity index (χ3v) is 4.71. The Morgan fingerprint density at radius 2 is 1.85 bits per heavy atom. The molecule has 5 nitrogen and oxygen atoms in total. The number of thioether (sulfide) groups is 1. The van der Waals surface area contributed by atoms with E-state index in [0.29, 0.717) is 13.1 Å². The monoisotopic (exact) mass is 488 g/mol. The second-order valence-corrected chi connectivity index (χ2v) is 6.51. The lowest BCUT2D eigenvalue weighted by Crippen LogP contribution is -2.37. The third-order valence-electron chi connectivity index (χ3n) is 3.96. The molecule has 0 saturated carbocycles. The molecule has 2 aromatic rings. The van der Waals surface area contributed by atoms with E-state index in [4.69, 9.17) is 4.52 Å². The van der Waals surface area contributed by atoms with E-state index in [1.807, 2.05) is 0 Å². The van der Waals surface area contributed by atoms with E-state index in [1.165, 1.54) is 10.5 Å². The smallest absolute Gasteiger partial charge is 0.191 e. The fourth-order valence-corrected chi connectivity index (χ4v) is 2.96. The zero-order valence-electron chi connectivity index (χ0n) is 16.0. The zero-order valence-corrected chi connectivity index (χ0v) is 19.1. The molecule has 0 radical (unpaired) electrons. The summed E-state index contributed by atoms with van der Waals surface area (Å²) in [6, 6.07) is 8.52. The van der Waals surface area contributed by atoms with Gasteiger partial charge in [0, 0.05) is 30.0 Å². The zero-order chi connectivity index (χ0) is 18.1. The van der Waals surface area contributed by atoms with Crippen molar-refractivity contribution in [3.05, 3.63) is 46.8 Å². The number of aromatic nitrogens is 1. The summed E-state index contributed by atoms with van der Waals surface area (Å²) in [5.74, 6) is 1.76. The molecule has 1 heterocycles. The second-order valence-electron chi connectivity index (χ2n) is 5.63. The highest BCUT2D eigenvalue weighted by atomic mass is 127. The molecule has 0 spiro atoms. The predicted molar refractivity (Wildman–Crippen MR) is 121 cm³/mol. The highest BCUT2D eigenvalue weighted by Crippen LogP contribution is 2.16. The largest absolute Gasteiger partial charge is 0.361 e. The first kappa shape index (κ1) is 22.8. The van der Waals surface area contributed by atoms with Gasteiger partial charge in [-0.2, -0.15) is 0 Å². The standard InChI is InChI=1S/C19H28N4OS.HI/c1-5-17-16(18(6-2)24-23-17)13-22-19(20-7-3)21-12-14-8-10-15(25-4)11-9-14;/h8-11H,5-7,12-13H2,1-4H3,(H2,20,21,22);1H. The highest BCUT2D eigenvalue weighted by molar-refractivity contribution is 14.0. The molecule has 2 N–H and O–H groups in total. The summed E-state index contributed by atoms with van der Waals surface area (Å²) in [7, 11) is 0. The summed E-state index contributed by atoms with van der Waals surface area (Å²) in [4.78, 5) is 5.95. The topological polar surface area (TPSA) is 62.5 Å². The van der Waals surface area contributed by atoms with E-state index in [-0.39, 0.29) is 24.0 Å². The summed E-state index contributed by atoms with van der Waals surface area (Å²) in [5, 5.41) is 10.9. The van der Waals surface area contributed by atoms with Crippen LogP contribution in [0.4, 0.5) is 0 Å². The number of aryl methyl sites for hydroxylation is 2. The minimum Gasteiger partial charge on any atom is -0.361 e. The molecular formula is C19H29IN4OS. The van der Waals surface area contributed by atoms with Gasteiger partial charge in [-0.25, -0.2) is 4.99 Å². The maximum Gasteiger partial charge on any atom is 0.191 e. The first-order valence-corrected chi connectivity index (χ1v) is 10.1. The van der Waals surface area contributed by atoms with Crippen molar-refractivity contribution < 1.29 is 4.52 Å². The van der Waals surface area contributed by atoms with Crippen molar-refractivity contribution in [3.8, 4) is 0 Å². The molecule has 1 aromatic heterocycles. The Balaban J connectivity index is 0.00000338. The maximum atomic E-state index is 5.43. The molecule has 0 atom stereocenters. The van der Waals surface area contributed by atoms with Gasteiger partial charge in [-0.05, 0) is 37.3 Å². The molecular weight excluding hydrogens is 459 g/mol. The van der Waals surface area contributed by atoms with Gasteiger partial charge in [-0.3, -0.25) is 0 Å². The van der Waals surface area contributed by atoms with E-state index in [1.54, 1.807) is 11.8 Å². The quantitative estimate of drug-likeness (QED) is 0.250. The molecule has 0 aliphatic heterocycles. The van der Waals surface area contributed by atoms with Crippen molar-refractivity contribution in [3.63, 3.8) is 0 Å². The van der Waals surface area contributed by atoms with Crippen LogP contribution < -0.4 is 10.6 Å². The Kier molecular flexibility index (Phi) is 10.7. The number of benzene rings is 1. The first-order chi connectivity index (χ1) is 12.2. The molecule has 0 fully saturated rings. The van der Waals surface area contributed by atoms with Crippen LogP contribution in [0, 0.1) is 0 Å². The maximum absolute atomic E-state index is 5.43. The Labute approximate surface area is 177 Å². The average Bonchev–Trinajstić information content (AvgIpc) is 3.06. The van der Waals surface area contributed by atoms with Crippen LogP contribution in [0.2, 0.25) is 0 Å². The van der Waals surface area contributed by atoms with Gasteiger partial charge in [-0.1, -0.05) is 31.1 Å². The van der Waals surface area contributed by atoms with Crippen molar-refractivity contribution in [1.29, 1.82) is 0 Å². The van der Waals surface area contributed by atoms with Crippen molar-refractivity contribution in [2.75, 3.05) is 12.8 Å². The molecule has 0 aliphatic carbocycles. The number of aliphatic imine (C=N–C) groups is 1. The molecule has 0 bridgehead atoms. The molecule has 0 unspecified atom stereocenters. The summed E-state index contributed by atoms with van der Waals surface area (Å²) >= 11 is 1.75. The van der Waals surface area contributed by atoms with Crippen molar-refractivity contribution in [2.24, 2.45) is 4.99 Å². The number of nitrogens with one attached hydrogen (secondary N) is 2. The van der Waals surface area contributed by atoms with E-state index in [0.717, 1.165) is 42.4 Å². The summed E-state index contributed by atoms with van der Waals surface area (Å²) in [5.41, 5.74) is 3.37. The van der Waals surface area contributed by atoms with Crippen LogP contribution in [0.25, 0.3) is 0 Å². The van der Waals surface area contributed by atoms with E-state index < -0.39 is 0 Å². The molecule has 0 saturated heterocycles. The molecule has 144 valence electrons. The van der Waals surface area contributed by atoms with Gasteiger partial charge in [0.1, 0.15) is 5.76 Å². The Hall–Kier alpha value is -1.22. The summed E-state index contributed by atoms with van der Waals surface area (Å²) < 4.78 is 5.43. The summed E-state index contributed by atoms with van der Waals surface area (Å²) in [6.07, 6.45) is 3.80. The van der Waals surface area contributed by atoms with Crippen LogP contribution in [-0.2, 0) is 25.9 Å².